The number of allylic oxidation sites excluding steroid dienone is 2. The Morgan fingerprint density at radius 2 is 0.970 bits per heavy atom. The Hall–Kier alpha value is 0.120. The van der Waals surface area contributed by atoms with Gasteiger partial charge in [-0.25, -0.2) is 0 Å². The van der Waals surface area contributed by atoms with Crippen LogP contribution in [0, 0.1) is 13.8 Å². The van der Waals surface area contributed by atoms with Crippen LogP contribution in [0.2, 0.25) is 0 Å². The van der Waals surface area contributed by atoms with E-state index in [1.54, 1.807) is 60.9 Å². The first-order chi connectivity index (χ1) is 15.5. The van der Waals surface area contributed by atoms with Crippen LogP contribution in [0.3, 0.4) is 0 Å². The topological polar surface area (TPSA) is 0 Å². The number of thioether (sulfide) groups is 4. The minimum Gasteiger partial charge on any atom is -0.194 e. The molecule has 0 saturated carbocycles. The fourth-order valence-electron chi connectivity index (χ4n) is 4.22. The van der Waals surface area contributed by atoms with Crippen molar-refractivity contribution in [3.63, 3.8) is 0 Å². The molecule has 0 spiro atoms. The molecule has 2 saturated heterocycles. The second-order valence-corrected chi connectivity index (χ2v) is 15.9. The van der Waals surface area contributed by atoms with Crippen LogP contribution in [0.4, 0.5) is 26.3 Å². The summed E-state index contributed by atoms with van der Waals surface area (Å²) in [5.74, 6) is -11.9. The molecular formula is C21H18F6S6. The zero-order chi connectivity index (χ0) is 23.8. The summed E-state index contributed by atoms with van der Waals surface area (Å²) in [6.07, 6.45) is 0. The zero-order valence-electron chi connectivity index (χ0n) is 17.4. The van der Waals surface area contributed by atoms with E-state index in [1.807, 2.05) is 0 Å². The molecule has 0 atom stereocenters. The molecule has 2 fully saturated rings. The molecule has 0 bridgehead atoms. The molecule has 0 nitrogen and oxygen atoms in total. The Kier molecular flexibility index (Phi) is 6.47. The van der Waals surface area contributed by atoms with Crippen LogP contribution in [0.1, 0.15) is 39.8 Å². The molecule has 0 unspecified atom stereocenters. The molecule has 2 aromatic heterocycles. The van der Waals surface area contributed by atoms with Gasteiger partial charge in [-0.1, -0.05) is 0 Å². The second kappa shape index (κ2) is 8.61. The second-order valence-electron chi connectivity index (χ2n) is 7.86. The van der Waals surface area contributed by atoms with Gasteiger partial charge in [0.2, 0.25) is 0 Å². The number of alkyl halides is 6. The van der Waals surface area contributed by atoms with E-state index in [9.17, 15) is 8.78 Å². The summed E-state index contributed by atoms with van der Waals surface area (Å²) < 4.78 is 90.3. The Labute approximate surface area is 212 Å². The van der Waals surface area contributed by atoms with Gasteiger partial charge in [0, 0.05) is 53.7 Å². The molecule has 12 heteroatoms. The molecule has 0 radical (unpaired) electrons. The fraction of sp³-hybridized carbons (Fsp3) is 0.524. The monoisotopic (exact) mass is 576 g/mol. The van der Waals surface area contributed by atoms with Gasteiger partial charge in [0.1, 0.15) is 0 Å². The summed E-state index contributed by atoms with van der Waals surface area (Å²) >= 11 is 9.04. The van der Waals surface area contributed by atoms with Gasteiger partial charge >= 0.3 is 17.8 Å². The highest BCUT2D eigenvalue weighted by atomic mass is 32.2. The highest BCUT2D eigenvalue weighted by Crippen LogP contribution is 2.66. The molecule has 3 aliphatic rings. The number of halogens is 6. The highest BCUT2D eigenvalue weighted by Gasteiger charge is 2.80. The number of aryl methyl sites for hydroxylation is 2. The summed E-state index contributed by atoms with van der Waals surface area (Å²) in [5.41, 5.74) is -2.80. The summed E-state index contributed by atoms with van der Waals surface area (Å²) in [6, 6.07) is 2.87. The summed E-state index contributed by atoms with van der Waals surface area (Å²) in [5, 5.41) is 0. The summed E-state index contributed by atoms with van der Waals surface area (Å²) in [4.78, 5) is 2.21. The molecule has 33 heavy (non-hydrogen) atoms. The lowest BCUT2D eigenvalue weighted by Crippen LogP contribution is -2.48. The molecule has 0 N–H and O–H groups in total. The van der Waals surface area contributed by atoms with Crippen LogP contribution in [-0.2, 0) is 0 Å². The Morgan fingerprint density at radius 3 is 1.30 bits per heavy atom. The number of hydrogen-bond donors (Lipinski definition) is 0. The third-order valence-electron chi connectivity index (χ3n) is 5.79. The smallest absolute Gasteiger partial charge is 0.194 e. The van der Waals surface area contributed by atoms with Crippen molar-refractivity contribution in [1.82, 2.24) is 0 Å². The maximum absolute atomic E-state index is 15.2. The molecular weight excluding hydrogens is 559 g/mol. The molecule has 2 aromatic rings. The van der Waals surface area contributed by atoms with Gasteiger partial charge in [-0.15, -0.1) is 69.7 Å². The quantitative estimate of drug-likeness (QED) is 0.333. The average molecular weight is 577 g/mol. The number of rotatable bonds is 4. The lowest BCUT2D eigenvalue weighted by Gasteiger charge is -2.25. The average Bonchev–Trinajstić information content (AvgIpc) is 3.53. The lowest BCUT2D eigenvalue weighted by atomic mass is 9.95. The van der Waals surface area contributed by atoms with E-state index < -0.39 is 28.9 Å². The fourth-order valence-corrected chi connectivity index (χ4v) is 12.7. The van der Waals surface area contributed by atoms with E-state index in [2.05, 4.69) is 0 Å². The van der Waals surface area contributed by atoms with Crippen LogP contribution in [0.25, 0.3) is 11.1 Å². The zero-order valence-corrected chi connectivity index (χ0v) is 22.3. The highest BCUT2D eigenvalue weighted by molar-refractivity contribution is 8.20. The molecule has 0 aromatic carbocycles. The molecule has 5 rings (SSSR count). The predicted molar refractivity (Wildman–Crippen MR) is 135 cm³/mol. The van der Waals surface area contributed by atoms with E-state index in [1.165, 1.54) is 34.8 Å². The van der Waals surface area contributed by atoms with Crippen LogP contribution in [-0.4, -0.2) is 40.8 Å². The van der Waals surface area contributed by atoms with E-state index >= 15 is 17.6 Å². The van der Waals surface area contributed by atoms with Gasteiger partial charge in [-0.2, -0.15) is 26.3 Å². The van der Waals surface area contributed by atoms with Gasteiger partial charge in [0.25, 0.3) is 0 Å². The van der Waals surface area contributed by atoms with Crippen molar-refractivity contribution in [1.29, 1.82) is 0 Å². The van der Waals surface area contributed by atoms with E-state index in [0.29, 0.717) is 9.75 Å². The van der Waals surface area contributed by atoms with Crippen LogP contribution < -0.4 is 0 Å². The van der Waals surface area contributed by atoms with Crippen molar-refractivity contribution < 1.29 is 26.3 Å². The first-order valence-corrected chi connectivity index (χ1v) is 15.9. The van der Waals surface area contributed by atoms with Crippen molar-refractivity contribution >= 4 is 80.9 Å². The van der Waals surface area contributed by atoms with Crippen molar-refractivity contribution in [2.75, 3.05) is 23.0 Å². The Balaban J connectivity index is 1.72. The van der Waals surface area contributed by atoms with Crippen molar-refractivity contribution in [2.24, 2.45) is 0 Å². The van der Waals surface area contributed by atoms with E-state index in [4.69, 9.17) is 0 Å². The van der Waals surface area contributed by atoms with Gasteiger partial charge in [-0.3, -0.25) is 0 Å². The Morgan fingerprint density at radius 1 is 0.636 bits per heavy atom. The molecule has 2 aliphatic heterocycles. The standard InChI is InChI=1S/C21H18F6S6/c1-9-11(7-13(32-9)17-28-3-4-29-17)15-16(20(24,25)21(26,27)19(15,22)23)12-8-14(33-10(12)2)18-30-5-6-31-18/h7-8,17-18H,3-6H2,1-2H3. The third-order valence-corrected chi connectivity index (χ3v) is 14.8. The van der Waals surface area contributed by atoms with Crippen LogP contribution >= 0.6 is 69.7 Å². The molecule has 0 amide bonds. The normalized spacial score (nSPS) is 25.0. The maximum Gasteiger partial charge on any atom is 0.380 e. The lowest BCUT2D eigenvalue weighted by molar-refractivity contribution is -0.254. The molecule has 1 aliphatic carbocycles. The SMILES string of the molecule is Cc1sc(C2SCCS2)cc1C1=C(c2cc(C3SCCS3)sc2C)C(F)(F)C(F)(F)C1(F)F. The molecule has 4 heterocycles. The third kappa shape index (κ3) is 3.75. The van der Waals surface area contributed by atoms with Gasteiger partial charge < -0.3 is 0 Å². The van der Waals surface area contributed by atoms with Crippen LogP contribution in [0.15, 0.2) is 12.1 Å². The maximum atomic E-state index is 15.2. The Bertz CT molecular complexity index is 1020. The van der Waals surface area contributed by atoms with E-state index in [0.717, 1.165) is 32.8 Å². The van der Waals surface area contributed by atoms with Gasteiger partial charge in [0.05, 0.1) is 9.16 Å². The first-order valence-electron chi connectivity index (χ1n) is 10.0. The van der Waals surface area contributed by atoms with Gasteiger partial charge in [-0.05, 0) is 37.1 Å². The summed E-state index contributed by atoms with van der Waals surface area (Å²) in [6.45, 7) is 3.08. The minimum absolute atomic E-state index is 0.00782. The van der Waals surface area contributed by atoms with Crippen LogP contribution in [0.5, 0.6) is 0 Å². The van der Waals surface area contributed by atoms with Crippen molar-refractivity contribution in [2.45, 2.75) is 40.8 Å². The predicted octanol–water partition coefficient (Wildman–Crippen LogP) is 9.21. The number of hydrogen-bond acceptors (Lipinski definition) is 6. The molecule has 180 valence electrons. The summed E-state index contributed by atoms with van der Waals surface area (Å²) in [7, 11) is 0. The van der Waals surface area contributed by atoms with Crippen molar-refractivity contribution in [3.05, 3.63) is 42.8 Å². The largest absolute Gasteiger partial charge is 0.380 e. The van der Waals surface area contributed by atoms with Crippen molar-refractivity contribution in [3.8, 4) is 0 Å². The minimum atomic E-state index is -5.51. The number of thiophene rings is 2. The van der Waals surface area contributed by atoms with E-state index in [-0.39, 0.29) is 20.3 Å². The van der Waals surface area contributed by atoms with Gasteiger partial charge in [0.15, 0.2) is 0 Å². The first kappa shape index (κ1) is 24.8.